The molecule has 1 aliphatic rings. The number of imidazole rings is 1. The first kappa shape index (κ1) is 19.9. The molecule has 0 spiro atoms. The van der Waals surface area contributed by atoms with Gasteiger partial charge < -0.3 is 24.7 Å². The van der Waals surface area contributed by atoms with Crippen molar-refractivity contribution < 1.29 is 19.1 Å². The molecule has 1 aromatic heterocycles. The van der Waals surface area contributed by atoms with Gasteiger partial charge in [0.15, 0.2) is 5.82 Å². The fourth-order valence-electron chi connectivity index (χ4n) is 3.35. The summed E-state index contributed by atoms with van der Waals surface area (Å²) in [6.07, 6.45) is 2.67. The summed E-state index contributed by atoms with van der Waals surface area (Å²) in [4.78, 5) is 29.7. The Morgan fingerprint density at radius 1 is 1.14 bits per heavy atom. The topological polar surface area (TPSA) is 94.5 Å². The summed E-state index contributed by atoms with van der Waals surface area (Å²) in [6.45, 7) is 1.83. The van der Waals surface area contributed by atoms with Gasteiger partial charge in [0.2, 0.25) is 0 Å². The molecule has 1 aromatic carbocycles. The van der Waals surface area contributed by atoms with Crippen LogP contribution in [0.1, 0.15) is 45.2 Å². The number of amides is 2. The molecule has 0 bridgehead atoms. The number of methoxy groups -OCH3 is 2. The van der Waals surface area contributed by atoms with E-state index in [0.717, 1.165) is 30.5 Å². The van der Waals surface area contributed by atoms with Crippen LogP contribution in [-0.4, -0.2) is 48.7 Å². The van der Waals surface area contributed by atoms with Gasteiger partial charge in [-0.05, 0) is 25.3 Å². The van der Waals surface area contributed by atoms with Crippen molar-refractivity contribution in [2.45, 2.75) is 32.4 Å². The standard InChI is InChI=1S/C20H26N4O4/c1-27-12-10-21-19(25)17-15-8-5-6-11-24(15)18(23-17)20(26)22-13-14-7-3-4-9-16(14)28-2/h3-4,7,9H,5-6,8,10-13H2,1-2H3,(H,21,25)(H,22,26). The second-order valence-electron chi connectivity index (χ2n) is 6.58. The van der Waals surface area contributed by atoms with Gasteiger partial charge in [0.25, 0.3) is 11.8 Å². The maximum absolute atomic E-state index is 12.8. The SMILES string of the molecule is COCCNC(=O)c1nc(C(=O)NCc2ccccc2OC)n2c1CCCC2. The molecule has 2 amide bonds. The lowest BCUT2D eigenvalue weighted by Crippen LogP contribution is -2.28. The van der Waals surface area contributed by atoms with Crippen LogP contribution in [0.4, 0.5) is 0 Å². The number of benzene rings is 1. The lowest BCUT2D eigenvalue weighted by Gasteiger charge is -2.17. The van der Waals surface area contributed by atoms with Crippen LogP contribution in [0.2, 0.25) is 0 Å². The molecule has 8 heteroatoms. The summed E-state index contributed by atoms with van der Waals surface area (Å²) < 4.78 is 12.2. The third-order valence-electron chi connectivity index (χ3n) is 4.76. The van der Waals surface area contributed by atoms with Crippen molar-refractivity contribution in [2.24, 2.45) is 0 Å². The molecular formula is C20H26N4O4. The molecule has 2 aromatic rings. The van der Waals surface area contributed by atoms with E-state index in [0.29, 0.717) is 37.7 Å². The summed E-state index contributed by atoms with van der Waals surface area (Å²) in [6, 6.07) is 7.52. The van der Waals surface area contributed by atoms with Gasteiger partial charge in [-0.3, -0.25) is 9.59 Å². The molecule has 0 aliphatic carbocycles. The second-order valence-corrected chi connectivity index (χ2v) is 6.58. The van der Waals surface area contributed by atoms with Crippen LogP contribution in [-0.2, 0) is 24.2 Å². The zero-order valence-corrected chi connectivity index (χ0v) is 16.3. The average Bonchev–Trinajstić information content (AvgIpc) is 3.12. The highest BCUT2D eigenvalue weighted by Gasteiger charge is 2.27. The Kier molecular flexibility index (Phi) is 6.65. The number of para-hydroxylation sites is 1. The first-order chi connectivity index (χ1) is 13.7. The van der Waals surface area contributed by atoms with E-state index in [2.05, 4.69) is 15.6 Å². The van der Waals surface area contributed by atoms with Crippen LogP contribution in [0.25, 0.3) is 0 Å². The van der Waals surface area contributed by atoms with Gasteiger partial charge in [-0.2, -0.15) is 0 Å². The molecule has 0 fully saturated rings. The first-order valence-corrected chi connectivity index (χ1v) is 9.42. The maximum atomic E-state index is 12.8. The van der Waals surface area contributed by atoms with E-state index in [9.17, 15) is 9.59 Å². The Bertz CT molecular complexity index is 847. The van der Waals surface area contributed by atoms with Gasteiger partial charge in [-0.1, -0.05) is 18.2 Å². The molecule has 0 radical (unpaired) electrons. The molecule has 0 saturated carbocycles. The van der Waals surface area contributed by atoms with E-state index in [1.165, 1.54) is 0 Å². The highest BCUT2D eigenvalue weighted by Crippen LogP contribution is 2.22. The Morgan fingerprint density at radius 3 is 2.75 bits per heavy atom. The number of fused-ring (bicyclic) bond motifs is 1. The van der Waals surface area contributed by atoms with Gasteiger partial charge in [0, 0.05) is 32.3 Å². The predicted octanol–water partition coefficient (Wildman–Crippen LogP) is 1.53. The van der Waals surface area contributed by atoms with Crippen LogP contribution in [0, 0.1) is 0 Å². The van der Waals surface area contributed by atoms with Gasteiger partial charge in [0.1, 0.15) is 11.4 Å². The summed E-state index contributed by atoms with van der Waals surface area (Å²) in [5.74, 6) is 0.420. The lowest BCUT2D eigenvalue weighted by atomic mass is 10.1. The Morgan fingerprint density at radius 2 is 1.96 bits per heavy atom. The minimum Gasteiger partial charge on any atom is -0.496 e. The van der Waals surface area contributed by atoms with Gasteiger partial charge in [-0.25, -0.2) is 4.98 Å². The Balaban J connectivity index is 1.77. The number of hydrogen-bond acceptors (Lipinski definition) is 5. The summed E-state index contributed by atoms with van der Waals surface area (Å²) in [7, 11) is 3.18. The molecular weight excluding hydrogens is 360 g/mol. The molecule has 28 heavy (non-hydrogen) atoms. The molecule has 3 rings (SSSR count). The number of hydrogen-bond donors (Lipinski definition) is 2. The predicted molar refractivity (Wildman–Crippen MR) is 104 cm³/mol. The van der Waals surface area contributed by atoms with Crippen LogP contribution in [0.5, 0.6) is 5.75 Å². The van der Waals surface area contributed by atoms with Crippen molar-refractivity contribution in [3.8, 4) is 5.75 Å². The quantitative estimate of drug-likeness (QED) is 0.671. The van der Waals surface area contributed by atoms with Crippen LogP contribution >= 0.6 is 0 Å². The number of nitrogens with zero attached hydrogens (tertiary/aromatic N) is 2. The Hall–Kier alpha value is -2.87. The lowest BCUT2D eigenvalue weighted by molar-refractivity contribution is 0.0931. The number of carbonyl (C=O) groups is 2. The van der Waals surface area contributed by atoms with Crippen LogP contribution in [0.3, 0.4) is 0 Å². The molecule has 8 nitrogen and oxygen atoms in total. The molecule has 2 N–H and O–H groups in total. The smallest absolute Gasteiger partial charge is 0.287 e. The average molecular weight is 386 g/mol. The summed E-state index contributed by atoms with van der Waals surface area (Å²) in [5.41, 5.74) is 2.03. The van der Waals surface area contributed by atoms with Crippen molar-refractivity contribution in [3.63, 3.8) is 0 Å². The van der Waals surface area contributed by atoms with E-state index in [4.69, 9.17) is 9.47 Å². The third-order valence-corrected chi connectivity index (χ3v) is 4.76. The van der Waals surface area contributed by atoms with Crippen molar-refractivity contribution >= 4 is 11.8 Å². The molecule has 1 aliphatic heterocycles. The number of carbonyl (C=O) groups excluding carboxylic acids is 2. The maximum Gasteiger partial charge on any atom is 0.287 e. The number of aromatic nitrogens is 2. The molecule has 0 atom stereocenters. The van der Waals surface area contributed by atoms with Crippen molar-refractivity contribution in [2.75, 3.05) is 27.4 Å². The van der Waals surface area contributed by atoms with E-state index in [1.807, 2.05) is 28.8 Å². The van der Waals surface area contributed by atoms with Gasteiger partial charge in [-0.15, -0.1) is 0 Å². The highest BCUT2D eigenvalue weighted by molar-refractivity contribution is 5.97. The Labute approximate surface area is 164 Å². The molecule has 0 unspecified atom stereocenters. The zero-order chi connectivity index (χ0) is 19.9. The molecule has 150 valence electrons. The minimum atomic E-state index is -0.301. The van der Waals surface area contributed by atoms with Crippen LogP contribution < -0.4 is 15.4 Å². The zero-order valence-electron chi connectivity index (χ0n) is 16.3. The monoisotopic (exact) mass is 386 g/mol. The fraction of sp³-hybridized carbons (Fsp3) is 0.450. The third kappa shape index (κ3) is 4.33. The van der Waals surface area contributed by atoms with E-state index in [-0.39, 0.29) is 17.6 Å². The van der Waals surface area contributed by atoms with E-state index >= 15 is 0 Å². The normalized spacial score (nSPS) is 12.9. The minimum absolute atomic E-state index is 0.272. The molecule has 0 saturated heterocycles. The first-order valence-electron chi connectivity index (χ1n) is 9.42. The van der Waals surface area contributed by atoms with Crippen LogP contribution in [0.15, 0.2) is 24.3 Å². The second kappa shape index (κ2) is 9.36. The number of nitrogens with one attached hydrogen (secondary N) is 2. The van der Waals surface area contributed by atoms with Gasteiger partial charge >= 0.3 is 0 Å². The fourth-order valence-corrected chi connectivity index (χ4v) is 3.35. The van der Waals surface area contributed by atoms with Gasteiger partial charge in [0.05, 0.1) is 19.4 Å². The van der Waals surface area contributed by atoms with E-state index < -0.39 is 0 Å². The number of rotatable bonds is 8. The number of ether oxygens (including phenoxy) is 2. The molecule has 2 heterocycles. The summed E-state index contributed by atoms with van der Waals surface area (Å²) >= 11 is 0. The van der Waals surface area contributed by atoms with Crippen molar-refractivity contribution in [3.05, 3.63) is 47.0 Å². The largest absolute Gasteiger partial charge is 0.496 e. The van der Waals surface area contributed by atoms with E-state index in [1.54, 1.807) is 14.2 Å². The van der Waals surface area contributed by atoms with Crippen molar-refractivity contribution in [1.82, 2.24) is 20.2 Å². The summed E-state index contributed by atoms with van der Waals surface area (Å²) in [5, 5.41) is 5.68. The van der Waals surface area contributed by atoms with Crippen molar-refractivity contribution in [1.29, 1.82) is 0 Å². The highest BCUT2D eigenvalue weighted by atomic mass is 16.5.